The van der Waals surface area contributed by atoms with Crippen LogP contribution in [0.25, 0.3) is 11.1 Å². The topological polar surface area (TPSA) is 95.5 Å². The molecule has 0 unspecified atom stereocenters. The number of hydrogen-bond donors (Lipinski definition) is 3. The number of carbonyl (C=O) groups is 1. The summed E-state index contributed by atoms with van der Waals surface area (Å²) in [5.41, 5.74) is 2.58. The number of nitrogens with one attached hydrogen (secondary N) is 2. The Morgan fingerprint density at radius 2 is 1.74 bits per heavy atom. The maximum absolute atomic E-state index is 12.6. The van der Waals surface area contributed by atoms with Gasteiger partial charge in [-0.2, -0.15) is 0 Å². The standard InChI is InChI=1S/C19H18N2O4S2/c1-27(24,25)21-15-9-5-8-14(10-15)20-19(23)17-11-16(18(12-22)26-17)13-6-3-2-4-7-13/h2-11,21-22H,12H2,1H3,(H,20,23). The van der Waals surface area contributed by atoms with Crippen molar-refractivity contribution in [2.45, 2.75) is 6.61 Å². The van der Waals surface area contributed by atoms with Gasteiger partial charge in [0.15, 0.2) is 0 Å². The van der Waals surface area contributed by atoms with E-state index in [2.05, 4.69) is 10.0 Å². The molecular formula is C19H18N2O4S2. The maximum Gasteiger partial charge on any atom is 0.265 e. The van der Waals surface area contributed by atoms with Gasteiger partial charge in [-0.1, -0.05) is 36.4 Å². The third-order valence-corrected chi connectivity index (χ3v) is 5.41. The molecule has 0 aliphatic heterocycles. The second kappa shape index (κ2) is 7.91. The molecule has 0 aliphatic rings. The van der Waals surface area contributed by atoms with Gasteiger partial charge in [-0.25, -0.2) is 8.42 Å². The van der Waals surface area contributed by atoms with Crippen LogP contribution in [0.3, 0.4) is 0 Å². The summed E-state index contributed by atoms with van der Waals surface area (Å²) in [5, 5.41) is 12.4. The van der Waals surface area contributed by atoms with E-state index in [0.717, 1.165) is 17.4 Å². The minimum atomic E-state index is -3.40. The number of anilines is 2. The quantitative estimate of drug-likeness (QED) is 0.588. The lowest BCUT2D eigenvalue weighted by Gasteiger charge is -2.07. The minimum Gasteiger partial charge on any atom is -0.391 e. The van der Waals surface area contributed by atoms with E-state index in [-0.39, 0.29) is 12.5 Å². The Balaban J connectivity index is 1.83. The summed E-state index contributed by atoms with van der Waals surface area (Å²) in [4.78, 5) is 13.8. The number of carbonyl (C=O) groups excluding carboxylic acids is 1. The minimum absolute atomic E-state index is 0.157. The van der Waals surface area contributed by atoms with Crippen molar-refractivity contribution >= 4 is 38.6 Å². The van der Waals surface area contributed by atoms with Gasteiger partial charge in [-0.3, -0.25) is 9.52 Å². The zero-order valence-corrected chi connectivity index (χ0v) is 16.1. The Labute approximate surface area is 161 Å². The molecule has 3 rings (SSSR count). The molecule has 0 saturated carbocycles. The van der Waals surface area contributed by atoms with Crippen LogP contribution in [0.15, 0.2) is 60.7 Å². The highest BCUT2D eigenvalue weighted by atomic mass is 32.2. The number of thiophene rings is 1. The van der Waals surface area contributed by atoms with Gasteiger partial charge in [0.1, 0.15) is 0 Å². The van der Waals surface area contributed by atoms with Crippen LogP contribution >= 0.6 is 11.3 Å². The van der Waals surface area contributed by atoms with Gasteiger partial charge in [0.25, 0.3) is 5.91 Å². The van der Waals surface area contributed by atoms with Crippen LogP contribution in [0, 0.1) is 0 Å². The zero-order chi connectivity index (χ0) is 19.4. The summed E-state index contributed by atoms with van der Waals surface area (Å²) in [7, 11) is -3.40. The summed E-state index contributed by atoms with van der Waals surface area (Å²) in [6, 6.07) is 17.7. The summed E-state index contributed by atoms with van der Waals surface area (Å²) in [6.07, 6.45) is 1.06. The molecule has 3 N–H and O–H groups in total. The lowest BCUT2D eigenvalue weighted by atomic mass is 10.1. The van der Waals surface area contributed by atoms with Gasteiger partial charge in [0.2, 0.25) is 10.0 Å². The third-order valence-electron chi connectivity index (χ3n) is 3.68. The Bertz CT molecular complexity index is 1060. The van der Waals surface area contributed by atoms with Crippen LogP contribution in [0.2, 0.25) is 0 Å². The first-order chi connectivity index (χ1) is 12.9. The van der Waals surface area contributed by atoms with E-state index in [1.165, 1.54) is 17.4 Å². The summed E-state index contributed by atoms with van der Waals surface area (Å²) < 4.78 is 25.1. The van der Waals surface area contributed by atoms with Crippen molar-refractivity contribution in [3.63, 3.8) is 0 Å². The van der Waals surface area contributed by atoms with Crippen molar-refractivity contribution in [2.75, 3.05) is 16.3 Å². The van der Waals surface area contributed by atoms with Gasteiger partial charge in [-0.05, 0) is 35.4 Å². The average molecular weight is 402 g/mol. The first-order valence-electron chi connectivity index (χ1n) is 8.04. The second-order valence-electron chi connectivity index (χ2n) is 5.88. The first-order valence-corrected chi connectivity index (χ1v) is 10.7. The molecule has 0 saturated heterocycles. The Hall–Kier alpha value is -2.68. The number of amides is 1. The number of aliphatic hydroxyl groups is 1. The number of hydrogen-bond acceptors (Lipinski definition) is 5. The molecule has 3 aromatic rings. The molecule has 0 aliphatic carbocycles. The van der Waals surface area contributed by atoms with E-state index in [9.17, 15) is 18.3 Å². The van der Waals surface area contributed by atoms with Crippen molar-refractivity contribution in [1.82, 2.24) is 0 Å². The van der Waals surface area contributed by atoms with Crippen LogP contribution < -0.4 is 10.0 Å². The van der Waals surface area contributed by atoms with Crippen molar-refractivity contribution in [1.29, 1.82) is 0 Å². The van der Waals surface area contributed by atoms with E-state index < -0.39 is 10.0 Å². The molecule has 0 bridgehead atoms. The fourth-order valence-corrected chi connectivity index (χ4v) is 4.08. The zero-order valence-electron chi connectivity index (χ0n) is 14.5. The lowest BCUT2D eigenvalue weighted by molar-refractivity contribution is 0.103. The van der Waals surface area contributed by atoms with Gasteiger partial charge >= 0.3 is 0 Å². The van der Waals surface area contributed by atoms with E-state index in [1.54, 1.807) is 24.3 Å². The molecule has 6 nitrogen and oxygen atoms in total. The molecule has 8 heteroatoms. The molecule has 0 fully saturated rings. The SMILES string of the molecule is CS(=O)(=O)Nc1cccc(NC(=O)c2cc(-c3ccccc3)c(CO)s2)c1. The Morgan fingerprint density at radius 3 is 2.41 bits per heavy atom. The molecule has 2 aromatic carbocycles. The van der Waals surface area contributed by atoms with Crippen molar-refractivity contribution < 1.29 is 18.3 Å². The summed E-state index contributed by atoms with van der Waals surface area (Å²) in [5.74, 6) is -0.326. The maximum atomic E-state index is 12.6. The Morgan fingerprint density at radius 1 is 1.04 bits per heavy atom. The fraction of sp³-hybridized carbons (Fsp3) is 0.105. The number of benzene rings is 2. The normalized spacial score (nSPS) is 11.2. The highest BCUT2D eigenvalue weighted by molar-refractivity contribution is 7.92. The van der Waals surface area contributed by atoms with Gasteiger partial charge < -0.3 is 10.4 Å². The monoisotopic (exact) mass is 402 g/mol. The summed E-state index contributed by atoms with van der Waals surface area (Å²) >= 11 is 1.22. The predicted octanol–water partition coefficient (Wildman–Crippen LogP) is 3.53. The molecule has 140 valence electrons. The van der Waals surface area contributed by atoms with Gasteiger partial charge in [0, 0.05) is 10.6 Å². The van der Waals surface area contributed by atoms with Crippen LogP contribution in [0.1, 0.15) is 14.5 Å². The molecule has 1 amide bonds. The van der Waals surface area contributed by atoms with Crippen LogP contribution in [0.4, 0.5) is 11.4 Å². The van der Waals surface area contributed by atoms with E-state index in [4.69, 9.17) is 0 Å². The molecule has 1 aromatic heterocycles. The molecule has 0 atom stereocenters. The van der Waals surface area contributed by atoms with E-state index in [0.29, 0.717) is 21.1 Å². The number of rotatable bonds is 6. The smallest absolute Gasteiger partial charge is 0.265 e. The predicted molar refractivity (Wildman–Crippen MR) is 109 cm³/mol. The second-order valence-corrected chi connectivity index (χ2v) is 8.77. The highest BCUT2D eigenvalue weighted by Gasteiger charge is 2.16. The van der Waals surface area contributed by atoms with Crippen molar-refractivity contribution in [3.8, 4) is 11.1 Å². The average Bonchev–Trinajstić information content (AvgIpc) is 3.06. The third kappa shape index (κ3) is 4.94. The van der Waals surface area contributed by atoms with Crippen LogP contribution in [-0.2, 0) is 16.6 Å². The van der Waals surface area contributed by atoms with Crippen LogP contribution in [-0.4, -0.2) is 25.7 Å². The molecule has 27 heavy (non-hydrogen) atoms. The molecule has 0 radical (unpaired) electrons. The van der Waals surface area contributed by atoms with Gasteiger partial charge in [0.05, 0.1) is 23.4 Å². The molecule has 0 spiro atoms. The van der Waals surface area contributed by atoms with Crippen molar-refractivity contribution in [3.05, 3.63) is 70.4 Å². The molecular weight excluding hydrogens is 384 g/mol. The number of sulfonamides is 1. The van der Waals surface area contributed by atoms with E-state index >= 15 is 0 Å². The van der Waals surface area contributed by atoms with E-state index in [1.807, 2.05) is 30.3 Å². The first kappa shape index (κ1) is 19.1. The van der Waals surface area contributed by atoms with Crippen LogP contribution in [0.5, 0.6) is 0 Å². The largest absolute Gasteiger partial charge is 0.391 e. The lowest BCUT2D eigenvalue weighted by Crippen LogP contribution is -2.12. The summed E-state index contributed by atoms with van der Waals surface area (Å²) in [6.45, 7) is -0.157. The number of aliphatic hydroxyl groups excluding tert-OH is 1. The van der Waals surface area contributed by atoms with Crippen molar-refractivity contribution in [2.24, 2.45) is 0 Å². The fourth-order valence-electron chi connectivity index (χ4n) is 2.59. The molecule has 1 heterocycles. The Kier molecular flexibility index (Phi) is 5.59. The van der Waals surface area contributed by atoms with Gasteiger partial charge in [-0.15, -0.1) is 11.3 Å². The highest BCUT2D eigenvalue weighted by Crippen LogP contribution is 2.32.